The van der Waals surface area contributed by atoms with Gasteiger partial charge in [0.05, 0.1) is 33.0 Å². The van der Waals surface area contributed by atoms with E-state index in [-0.39, 0.29) is 0 Å². The molecular formula is C55H70O5. The van der Waals surface area contributed by atoms with Gasteiger partial charge in [-0.3, -0.25) is 0 Å². The SMILES string of the molecule is CCCCOc1c2cccc1Cc1cccc(c1OCCCC)Cc1cccc(c1OCCCC)Cc1cccc(c1OCCCC)Cc1cccc(c1OCCCC)C2. The maximum atomic E-state index is 6.81. The minimum absolute atomic E-state index is 0.675. The summed E-state index contributed by atoms with van der Waals surface area (Å²) in [5.74, 6) is 4.90. The van der Waals surface area contributed by atoms with Gasteiger partial charge in [-0.1, -0.05) is 158 Å². The molecule has 0 atom stereocenters. The Morgan fingerprint density at radius 3 is 0.550 bits per heavy atom. The van der Waals surface area contributed by atoms with Gasteiger partial charge in [-0.25, -0.2) is 0 Å². The molecule has 0 radical (unpaired) electrons. The van der Waals surface area contributed by atoms with Crippen LogP contribution >= 0.6 is 0 Å². The van der Waals surface area contributed by atoms with Crippen molar-refractivity contribution in [3.8, 4) is 28.7 Å². The Morgan fingerprint density at radius 2 is 0.417 bits per heavy atom. The fourth-order valence-corrected chi connectivity index (χ4v) is 8.13. The number of para-hydroxylation sites is 5. The monoisotopic (exact) mass is 811 g/mol. The Bertz CT molecular complexity index is 1640. The summed E-state index contributed by atoms with van der Waals surface area (Å²) in [6.45, 7) is 14.5. The van der Waals surface area contributed by atoms with E-state index in [1.54, 1.807) is 0 Å². The second-order valence-corrected chi connectivity index (χ2v) is 16.4. The summed E-state index contributed by atoms with van der Waals surface area (Å²) in [6.07, 6.45) is 13.9. The van der Waals surface area contributed by atoms with E-state index in [1.807, 2.05) is 0 Å². The molecule has 5 aromatic carbocycles. The zero-order valence-corrected chi connectivity index (χ0v) is 37.3. The number of ether oxygens (including phenoxy) is 5. The standard InChI is InChI=1S/C55H70O5/c1-6-11-31-56-51-41-21-16-22-42(51)37-44-24-18-26-46(53(44)58-33-13-8-3)39-48-28-20-30-50(55(48)60-35-15-10-5)40-49-29-19-27-47(54(49)59-34-14-9-4)38-45-25-17-23-43(36-41)52(45)57-32-12-7-2/h16-30H,6-15,31-40H2,1-5H3. The van der Waals surface area contributed by atoms with E-state index < -0.39 is 0 Å². The average molecular weight is 811 g/mol. The fraction of sp³-hybridized carbons (Fsp3) is 0.455. The van der Waals surface area contributed by atoms with Crippen LogP contribution in [0, 0.1) is 0 Å². The van der Waals surface area contributed by atoms with Gasteiger partial charge in [-0.15, -0.1) is 0 Å². The number of rotatable bonds is 20. The molecule has 6 rings (SSSR count). The second-order valence-electron chi connectivity index (χ2n) is 16.4. The lowest BCUT2D eigenvalue weighted by Crippen LogP contribution is -2.10. The first-order valence-electron chi connectivity index (χ1n) is 23.3. The Hall–Kier alpha value is -4.90. The van der Waals surface area contributed by atoms with E-state index in [0.717, 1.165) is 93.0 Å². The van der Waals surface area contributed by atoms with Crippen LogP contribution in [-0.4, -0.2) is 33.0 Å². The van der Waals surface area contributed by atoms with Gasteiger partial charge < -0.3 is 23.7 Å². The average Bonchev–Trinajstić information content (AvgIpc) is 3.25. The van der Waals surface area contributed by atoms with Gasteiger partial charge in [0.2, 0.25) is 0 Å². The molecule has 320 valence electrons. The van der Waals surface area contributed by atoms with E-state index >= 15 is 0 Å². The molecule has 0 saturated carbocycles. The first-order chi connectivity index (χ1) is 29.6. The smallest absolute Gasteiger partial charge is 0.126 e. The summed E-state index contributed by atoms with van der Waals surface area (Å²) in [4.78, 5) is 0. The van der Waals surface area contributed by atoms with Crippen molar-refractivity contribution in [3.05, 3.63) is 147 Å². The minimum Gasteiger partial charge on any atom is -0.493 e. The molecule has 1 aliphatic carbocycles. The third-order valence-electron chi connectivity index (χ3n) is 11.5. The van der Waals surface area contributed by atoms with Crippen molar-refractivity contribution < 1.29 is 23.7 Å². The summed E-state index contributed by atoms with van der Waals surface area (Å²) in [5.41, 5.74) is 11.8. The lowest BCUT2D eigenvalue weighted by Gasteiger charge is -2.23. The van der Waals surface area contributed by atoms with E-state index in [1.165, 1.54) is 55.6 Å². The van der Waals surface area contributed by atoms with Gasteiger partial charge in [0.25, 0.3) is 0 Å². The summed E-state index contributed by atoms with van der Waals surface area (Å²) in [5, 5.41) is 0. The number of benzene rings is 5. The molecule has 60 heavy (non-hydrogen) atoms. The van der Waals surface area contributed by atoms with Crippen LogP contribution in [-0.2, 0) is 32.1 Å². The summed E-state index contributed by atoms with van der Waals surface area (Å²) < 4.78 is 34.1. The first kappa shape index (κ1) is 44.6. The predicted octanol–water partition coefficient (Wildman–Crippen LogP) is 13.8. The molecule has 0 spiro atoms. The molecule has 0 aliphatic heterocycles. The van der Waals surface area contributed by atoms with Crippen molar-refractivity contribution in [1.29, 1.82) is 0 Å². The predicted molar refractivity (Wildman–Crippen MR) is 248 cm³/mol. The summed E-state index contributed by atoms with van der Waals surface area (Å²) >= 11 is 0. The van der Waals surface area contributed by atoms with Crippen LogP contribution in [0.25, 0.3) is 0 Å². The Morgan fingerprint density at radius 1 is 0.267 bits per heavy atom. The van der Waals surface area contributed by atoms with Crippen molar-refractivity contribution in [2.45, 2.75) is 131 Å². The van der Waals surface area contributed by atoms with Gasteiger partial charge >= 0.3 is 0 Å². The highest BCUT2D eigenvalue weighted by molar-refractivity contribution is 5.56. The Labute approximate surface area is 361 Å². The van der Waals surface area contributed by atoms with E-state index in [0.29, 0.717) is 65.1 Å². The van der Waals surface area contributed by atoms with Crippen molar-refractivity contribution in [3.63, 3.8) is 0 Å². The molecule has 5 nitrogen and oxygen atoms in total. The quantitative estimate of drug-likeness (QED) is 0.0719. The summed E-state index contributed by atoms with van der Waals surface area (Å²) in [6, 6.07) is 33.4. The van der Waals surface area contributed by atoms with Gasteiger partial charge in [-0.2, -0.15) is 0 Å². The molecular weight excluding hydrogens is 741 g/mol. The lowest BCUT2D eigenvalue weighted by atomic mass is 9.91. The highest BCUT2D eigenvalue weighted by Crippen LogP contribution is 2.40. The van der Waals surface area contributed by atoms with Crippen LogP contribution in [0.4, 0.5) is 0 Å². The van der Waals surface area contributed by atoms with E-state index in [9.17, 15) is 0 Å². The lowest BCUT2D eigenvalue weighted by molar-refractivity contribution is 0.297. The number of fused-ring (bicyclic) bond motifs is 10. The molecule has 10 bridgehead atoms. The number of unbranched alkanes of at least 4 members (excludes halogenated alkanes) is 5. The topological polar surface area (TPSA) is 46.2 Å². The van der Waals surface area contributed by atoms with Gasteiger partial charge in [-0.05, 0) is 87.7 Å². The van der Waals surface area contributed by atoms with E-state index in [4.69, 9.17) is 23.7 Å². The third-order valence-corrected chi connectivity index (χ3v) is 11.5. The van der Waals surface area contributed by atoms with Gasteiger partial charge in [0.1, 0.15) is 28.7 Å². The molecule has 0 amide bonds. The van der Waals surface area contributed by atoms with Crippen LogP contribution < -0.4 is 23.7 Å². The highest BCUT2D eigenvalue weighted by atomic mass is 16.5. The van der Waals surface area contributed by atoms with Gasteiger partial charge in [0.15, 0.2) is 0 Å². The third kappa shape index (κ3) is 11.9. The van der Waals surface area contributed by atoms with Crippen molar-refractivity contribution in [2.75, 3.05) is 33.0 Å². The second kappa shape index (κ2) is 23.8. The Kier molecular flexibility index (Phi) is 17.7. The van der Waals surface area contributed by atoms with Gasteiger partial charge in [0, 0.05) is 32.1 Å². The molecule has 5 aromatic rings. The highest BCUT2D eigenvalue weighted by Gasteiger charge is 2.22. The van der Waals surface area contributed by atoms with Crippen LogP contribution in [0.1, 0.15) is 154 Å². The molecule has 5 heteroatoms. The Balaban J connectivity index is 1.59. The molecule has 0 aromatic heterocycles. The largest absolute Gasteiger partial charge is 0.493 e. The first-order valence-corrected chi connectivity index (χ1v) is 23.3. The molecule has 1 aliphatic rings. The molecule has 0 heterocycles. The molecule has 0 unspecified atom stereocenters. The number of hydrogen-bond donors (Lipinski definition) is 0. The van der Waals surface area contributed by atoms with Crippen LogP contribution in [0.3, 0.4) is 0 Å². The minimum atomic E-state index is 0.675. The maximum Gasteiger partial charge on any atom is 0.126 e. The normalized spacial score (nSPS) is 12.4. The maximum absolute atomic E-state index is 6.81. The van der Waals surface area contributed by atoms with E-state index in [2.05, 4.69) is 126 Å². The van der Waals surface area contributed by atoms with Crippen molar-refractivity contribution in [2.24, 2.45) is 0 Å². The number of hydrogen-bond acceptors (Lipinski definition) is 5. The van der Waals surface area contributed by atoms with Crippen LogP contribution in [0.15, 0.2) is 91.0 Å². The molecule has 0 N–H and O–H groups in total. The molecule has 0 saturated heterocycles. The molecule has 0 fully saturated rings. The van der Waals surface area contributed by atoms with Crippen LogP contribution in [0.5, 0.6) is 28.7 Å². The van der Waals surface area contributed by atoms with Crippen molar-refractivity contribution in [1.82, 2.24) is 0 Å². The zero-order chi connectivity index (χ0) is 41.9. The zero-order valence-electron chi connectivity index (χ0n) is 37.3. The fourth-order valence-electron chi connectivity index (χ4n) is 8.13. The van der Waals surface area contributed by atoms with Crippen molar-refractivity contribution >= 4 is 0 Å². The summed E-state index contributed by atoms with van der Waals surface area (Å²) in [7, 11) is 0. The van der Waals surface area contributed by atoms with Crippen LogP contribution in [0.2, 0.25) is 0 Å².